The van der Waals surface area contributed by atoms with Gasteiger partial charge in [-0.15, -0.1) is 0 Å². The van der Waals surface area contributed by atoms with E-state index in [-0.39, 0.29) is 0 Å². The molecule has 1 aliphatic carbocycles. The van der Waals surface area contributed by atoms with Crippen LogP contribution in [-0.2, 0) is 12.8 Å². The molecule has 0 amide bonds. The van der Waals surface area contributed by atoms with Gasteiger partial charge in [0, 0.05) is 23.3 Å². The molecule has 0 radical (unpaired) electrons. The molecular formula is C14H22N4. The standard InChI is InChI=1S/C14H22N4/c1-10-12(7-4-8-15-10)18-14-11-5-2-3-6-13(11)16-9-17-14/h9-10,12,15H,2-8H2,1H3,(H,16,17,18). The zero-order chi connectivity index (χ0) is 12.4. The van der Waals surface area contributed by atoms with Gasteiger partial charge in [0.25, 0.3) is 0 Å². The Morgan fingerprint density at radius 3 is 3.00 bits per heavy atom. The molecule has 2 aliphatic rings. The van der Waals surface area contributed by atoms with Crippen LogP contribution in [0, 0.1) is 0 Å². The number of piperidine rings is 1. The summed E-state index contributed by atoms with van der Waals surface area (Å²) in [6.45, 7) is 3.39. The van der Waals surface area contributed by atoms with Crippen molar-refractivity contribution in [2.75, 3.05) is 11.9 Å². The van der Waals surface area contributed by atoms with E-state index in [4.69, 9.17) is 0 Å². The highest BCUT2D eigenvalue weighted by atomic mass is 15.1. The number of anilines is 1. The minimum atomic E-state index is 0.500. The minimum absolute atomic E-state index is 0.500. The Morgan fingerprint density at radius 1 is 1.22 bits per heavy atom. The normalized spacial score (nSPS) is 27.6. The number of nitrogens with one attached hydrogen (secondary N) is 2. The lowest BCUT2D eigenvalue weighted by atomic mass is 9.95. The summed E-state index contributed by atoms with van der Waals surface area (Å²) in [5.41, 5.74) is 2.62. The van der Waals surface area contributed by atoms with Crippen molar-refractivity contribution < 1.29 is 0 Å². The molecule has 2 heterocycles. The highest BCUT2D eigenvalue weighted by Gasteiger charge is 2.23. The van der Waals surface area contributed by atoms with Crippen molar-refractivity contribution in [3.05, 3.63) is 17.6 Å². The van der Waals surface area contributed by atoms with E-state index in [1.54, 1.807) is 6.33 Å². The average Bonchev–Trinajstić information content (AvgIpc) is 2.42. The molecule has 1 aromatic heterocycles. The molecule has 0 saturated carbocycles. The van der Waals surface area contributed by atoms with Gasteiger partial charge in [-0.3, -0.25) is 0 Å². The maximum atomic E-state index is 4.47. The summed E-state index contributed by atoms with van der Waals surface area (Å²) in [6, 6.07) is 1.02. The van der Waals surface area contributed by atoms with E-state index in [1.807, 2.05) is 0 Å². The third-order valence-corrected chi connectivity index (χ3v) is 4.21. The van der Waals surface area contributed by atoms with Crippen molar-refractivity contribution in [2.24, 2.45) is 0 Å². The number of nitrogens with zero attached hydrogens (tertiary/aromatic N) is 2. The van der Waals surface area contributed by atoms with Gasteiger partial charge in [0.2, 0.25) is 0 Å². The van der Waals surface area contributed by atoms with Crippen LogP contribution >= 0.6 is 0 Å². The van der Waals surface area contributed by atoms with Gasteiger partial charge in [0.05, 0.1) is 0 Å². The first-order chi connectivity index (χ1) is 8.84. The first-order valence-corrected chi connectivity index (χ1v) is 7.17. The molecule has 0 spiro atoms. The maximum absolute atomic E-state index is 4.47. The summed E-state index contributed by atoms with van der Waals surface area (Å²) in [4.78, 5) is 8.90. The third kappa shape index (κ3) is 2.34. The molecule has 1 aliphatic heterocycles. The quantitative estimate of drug-likeness (QED) is 0.837. The van der Waals surface area contributed by atoms with Gasteiger partial charge in [-0.1, -0.05) is 0 Å². The lowest BCUT2D eigenvalue weighted by molar-refractivity contribution is 0.388. The lowest BCUT2D eigenvalue weighted by Crippen LogP contribution is -2.46. The van der Waals surface area contributed by atoms with Gasteiger partial charge >= 0.3 is 0 Å². The molecule has 98 valence electrons. The van der Waals surface area contributed by atoms with E-state index < -0.39 is 0 Å². The molecule has 18 heavy (non-hydrogen) atoms. The monoisotopic (exact) mass is 246 g/mol. The first kappa shape index (κ1) is 11.9. The van der Waals surface area contributed by atoms with Crippen LogP contribution in [0.3, 0.4) is 0 Å². The van der Waals surface area contributed by atoms with E-state index >= 15 is 0 Å². The number of rotatable bonds is 2. The Kier molecular flexibility index (Phi) is 3.46. The second kappa shape index (κ2) is 5.22. The van der Waals surface area contributed by atoms with Crippen LogP contribution in [0.2, 0.25) is 0 Å². The van der Waals surface area contributed by atoms with E-state index in [0.717, 1.165) is 25.2 Å². The second-order valence-corrected chi connectivity index (χ2v) is 5.49. The van der Waals surface area contributed by atoms with E-state index in [9.17, 15) is 0 Å². The van der Waals surface area contributed by atoms with Gasteiger partial charge in [0.15, 0.2) is 0 Å². The topological polar surface area (TPSA) is 49.8 Å². The SMILES string of the molecule is CC1NCCCC1Nc1ncnc2c1CCCC2. The molecule has 4 nitrogen and oxygen atoms in total. The molecule has 2 N–H and O–H groups in total. The summed E-state index contributed by atoms with van der Waals surface area (Å²) in [6.07, 6.45) is 8.98. The van der Waals surface area contributed by atoms with Gasteiger partial charge in [-0.2, -0.15) is 0 Å². The van der Waals surface area contributed by atoms with Crippen molar-refractivity contribution in [2.45, 2.75) is 57.5 Å². The number of hydrogen-bond acceptors (Lipinski definition) is 4. The van der Waals surface area contributed by atoms with Crippen molar-refractivity contribution >= 4 is 5.82 Å². The van der Waals surface area contributed by atoms with Crippen LogP contribution in [0.1, 0.15) is 43.9 Å². The number of hydrogen-bond donors (Lipinski definition) is 2. The summed E-state index contributed by atoms with van der Waals surface area (Å²) in [7, 11) is 0. The Morgan fingerprint density at radius 2 is 2.11 bits per heavy atom. The highest BCUT2D eigenvalue weighted by Crippen LogP contribution is 2.26. The largest absolute Gasteiger partial charge is 0.365 e. The van der Waals surface area contributed by atoms with Crippen molar-refractivity contribution in [3.8, 4) is 0 Å². The van der Waals surface area contributed by atoms with Crippen LogP contribution in [0.5, 0.6) is 0 Å². The summed E-state index contributed by atoms with van der Waals surface area (Å²) < 4.78 is 0. The third-order valence-electron chi connectivity index (χ3n) is 4.21. The van der Waals surface area contributed by atoms with Crippen LogP contribution in [0.25, 0.3) is 0 Å². The van der Waals surface area contributed by atoms with E-state index in [1.165, 1.54) is 36.9 Å². The Hall–Kier alpha value is -1.16. The zero-order valence-electron chi connectivity index (χ0n) is 11.1. The number of aromatic nitrogens is 2. The summed E-state index contributed by atoms with van der Waals surface area (Å²) >= 11 is 0. The molecule has 0 bridgehead atoms. The Bertz CT molecular complexity index is 418. The number of fused-ring (bicyclic) bond motifs is 1. The van der Waals surface area contributed by atoms with E-state index in [0.29, 0.717) is 12.1 Å². The average molecular weight is 246 g/mol. The molecule has 1 saturated heterocycles. The highest BCUT2D eigenvalue weighted by molar-refractivity contribution is 5.48. The van der Waals surface area contributed by atoms with Crippen molar-refractivity contribution in [1.82, 2.24) is 15.3 Å². The van der Waals surface area contributed by atoms with Crippen molar-refractivity contribution in [1.29, 1.82) is 0 Å². The smallest absolute Gasteiger partial charge is 0.133 e. The van der Waals surface area contributed by atoms with Gasteiger partial charge in [-0.05, 0) is 52.0 Å². The van der Waals surface area contributed by atoms with Gasteiger partial charge < -0.3 is 10.6 Å². The fourth-order valence-electron chi connectivity index (χ4n) is 3.06. The molecular weight excluding hydrogens is 224 g/mol. The number of aryl methyl sites for hydroxylation is 1. The van der Waals surface area contributed by atoms with Gasteiger partial charge in [-0.25, -0.2) is 9.97 Å². The van der Waals surface area contributed by atoms with Gasteiger partial charge in [0.1, 0.15) is 12.1 Å². The molecule has 1 fully saturated rings. The second-order valence-electron chi connectivity index (χ2n) is 5.49. The van der Waals surface area contributed by atoms with Crippen molar-refractivity contribution in [3.63, 3.8) is 0 Å². The molecule has 2 atom stereocenters. The van der Waals surface area contributed by atoms with E-state index in [2.05, 4.69) is 27.5 Å². The van der Waals surface area contributed by atoms with Crippen LogP contribution in [-0.4, -0.2) is 28.6 Å². The Labute approximate surface area is 109 Å². The maximum Gasteiger partial charge on any atom is 0.133 e. The predicted molar refractivity (Wildman–Crippen MR) is 72.8 cm³/mol. The molecule has 1 aromatic rings. The molecule has 3 rings (SSSR count). The first-order valence-electron chi connectivity index (χ1n) is 7.17. The van der Waals surface area contributed by atoms with Crippen LogP contribution in [0.15, 0.2) is 6.33 Å². The Balaban J connectivity index is 1.79. The predicted octanol–water partition coefficient (Wildman–Crippen LogP) is 1.91. The fraction of sp³-hybridized carbons (Fsp3) is 0.714. The lowest BCUT2D eigenvalue weighted by Gasteiger charge is -2.32. The zero-order valence-corrected chi connectivity index (χ0v) is 11.1. The van der Waals surface area contributed by atoms with Crippen LogP contribution in [0.4, 0.5) is 5.82 Å². The summed E-state index contributed by atoms with van der Waals surface area (Å²) in [5.74, 6) is 1.08. The minimum Gasteiger partial charge on any atom is -0.365 e. The summed E-state index contributed by atoms with van der Waals surface area (Å²) in [5, 5.41) is 7.17. The molecule has 0 aromatic carbocycles. The molecule has 4 heteroatoms. The fourth-order valence-corrected chi connectivity index (χ4v) is 3.06. The van der Waals surface area contributed by atoms with Crippen LogP contribution < -0.4 is 10.6 Å². The molecule has 2 unspecified atom stereocenters.